The highest BCUT2D eigenvalue weighted by atomic mass is 16.4. The zero-order valence-electron chi connectivity index (χ0n) is 11.1. The van der Waals surface area contributed by atoms with Crippen molar-refractivity contribution in [2.24, 2.45) is 5.92 Å². The van der Waals surface area contributed by atoms with E-state index >= 15 is 0 Å². The fraction of sp³-hybridized carbons (Fsp3) is 0.429. The van der Waals surface area contributed by atoms with E-state index in [1.807, 2.05) is 6.92 Å². The highest BCUT2D eigenvalue weighted by Crippen LogP contribution is 2.22. The van der Waals surface area contributed by atoms with E-state index in [1.165, 1.54) is 12.1 Å². The third kappa shape index (κ3) is 2.76. The summed E-state index contributed by atoms with van der Waals surface area (Å²) >= 11 is 0. The minimum absolute atomic E-state index is 0.0100. The summed E-state index contributed by atoms with van der Waals surface area (Å²) in [4.78, 5) is 24.7. The summed E-state index contributed by atoms with van der Waals surface area (Å²) in [5, 5.41) is 12.1. The number of anilines is 1. The molecule has 19 heavy (non-hydrogen) atoms. The van der Waals surface area contributed by atoms with Crippen LogP contribution in [0.25, 0.3) is 0 Å². The molecule has 2 rings (SSSR count). The van der Waals surface area contributed by atoms with Crippen LogP contribution in [0.1, 0.15) is 23.7 Å². The van der Waals surface area contributed by atoms with Gasteiger partial charge in [0.2, 0.25) is 5.91 Å². The number of carboxylic acid groups (broad SMARTS) is 1. The van der Waals surface area contributed by atoms with E-state index in [9.17, 15) is 9.59 Å². The molecule has 1 aromatic rings. The molecule has 2 N–H and O–H groups in total. The Kier molecular flexibility index (Phi) is 3.85. The van der Waals surface area contributed by atoms with Gasteiger partial charge in [-0.05, 0) is 44.2 Å². The first kappa shape index (κ1) is 13.5. The van der Waals surface area contributed by atoms with E-state index in [4.69, 9.17) is 5.11 Å². The van der Waals surface area contributed by atoms with Gasteiger partial charge in [-0.25, -0.2) is 4.79 Å². The molecule has 0 aromatic heterocycles. The zero-order valence-corrected chi connectivity index (χ0v) is 11.1. The lowest BCUT2D eigenvalue weighted by Crippen LogP contribution is -2.38. The summed E-state index contributed by atoms with van der Waals surface area (Å²) < 4.78 is 0. The van der Waals surface area contributed by atoms with Gasteiger partial charge in [-0.3, -0.25) is 4.79 Å². The first-order chi connectivity index (χ1) is 9.00. The maximum absolute atomic E-state index is 12.3. The van der Waals surface area contributed by atoms with Crippen LogP contribution in [0.2, 0.25) is 0 Å². The molecule has 0 radical (unpaired) electrons. The monoisotopic (exact) mass is 262 g/mol. The second kappa shape index (κ2) is 5.40. The van der Waals surface area contributed by atoms with E-state index in [-0.39, 0.29) is 23.4 Å². The molecular weight excluding hydrogens is 244 g/mol. The average molecular weight is 262 g/mol. The minimum atomic E-state index is -0.964. The third-order valence-corrected chi connectivity index (χ3v) is 3.67. The van der Waals surface area contributed by atoms with Crippen LogP contribution in [0.15, 0.2) is 24.3 Å². The number of carbonyl (C=O) groups is 2. The van der Waals surface area contributed by atoms with Crippen molar-refractivity contribution in [3.05, 3.63) is 29.8 Å². The standard InChI is InChI=1S/C14H18N2O3/c1-9-12(7-8-15-9)13(17)16(2)11-5-3-10(4-6-11)14(18)19/h3-6,9,12,15H,7-8H2,1-2H3,(H,18,19). The smallest absolute Gasteiger partial charge is 0.335 e. The summed E-state index contributed by atoms with van der Waals surface area (Å²) in [6.07, 6.45) is 0.845. The number of amides is 1. The molecule has 1 aliphatic rings. The maximum Gasteiger partial charge on any atom is 0.335 e. The molecule has 0 aliphatic carbocycles. The Hall–Kier alpha value is -1.88. The zero-order chi connectivity index (χ0) is 14.0. The molecule has 1 aromatic carbocycles. The third-order valence-electron chi connectivity index (χ3n) is 3.67. The van der Waals surface area contributed by atoms with Crippen molar-refractivity contribution in [3.63, 3.8) is 0 Å². The van der Waals surface area contributed by atoms with Crippen molar-refractivity contribution in [2.45, 2.75) is 19.4 Å². The van der Waals surface area contributed by atoms with Gasteiger partial charge in [-0.15, -0.1) is 0 Å². The van der Waals surface area contributed by atoms with Gasteiger partial charge < -0.3 is 15.3 Å². The molecule has 2 atom stereocenters. The minimum Gasteiger partial charge on any atom is -0.478 e. The predicted molar refractivity (Wildman–Crippen MR) is 72.4 cm³/mol. The van der Waals surface area contributed by atoms with Gasteiger partial charge in [0.25, 0.3) is 0 Å². The first-order valence-corrected chi connectivity index (χ1v) is 6.35. The van der Waals surface area contributed by atoms with Crippen LogP contribution in [0, 0.1) is 5.92 Å². The number of rotatable bonds is 3. The van der Waals surface area contributed by atoms with Crippen LogP contribution >= 0.6 is 0 Å². The number of hydrogen-bond donors (Lipinski definition) is 2. The van der Waals surface area contributed by atoms with Gasteiger partial charge in [-0.1, -0.05) is 0 Å². The van der Waals surface area contributed by atoms with E-state index in [2.05, 4.69) is 5.32 Å². The van der Waals surface area contributed by atoms with Crippen molar-refractivity contribution in [1.29, 1.82) is 0 Å². The summed E-state index contributed by atoms with van der Waals surface area (Å²) in [5.41, 5.74) is 0.939. The molecule has 0 saturated carbocycles. The second-order valence-electron chi connectivity index (χ2n) is 4.89. The van der Waals surface area contributed by atoms with Gasteiger partial charge >= 0.3 is 5.97 Å². The molecule has 5 nitrogen and oxygen atoms in total. The molecule has 0 spiro atoms. The Morgan fingerprint density at radius 2 is 1.95 bits per heavy atom. The highest BCUT2D eigenvalue weighted by molar-refractivity contribution is 5.96. The lowest BCUT2D eigenvalue weighted by molar-refractivity contribution is -0.122. The van der Waals surface area contributed by atoms with Gasteiger partial charge in [0.05, 0.1) is 11.5 Å². The van der Waals surface area contributed by atoms with Crippen molar-refractivity contribution in [2.75, 3.05) is 18.5 Å². The molecule has 1 amide bonds. The molecule has 1 saturated heterocycles. The molecular formula is C14H18N2O3. The molecule has 1 fully saturated rings. The topological polar surface area (TPSA) is 69.6 Å². The van der Waals surface area contributed by atoms with Crippen LogP contribution < -0.4 is 10.2 Å². The highest BCUT2D eigenvalue weighted by Gasteiger charge is 2.31. The molecule has 2 unspecified atom stereocenters. The molecule has 0 bridgehead atoms. The summed E-state index contributed by atoms with van der Waals surface area (Å²) in [6, 6.07) is 6.53. The predicted octanol–water partition coefficient (Wildman–Crippen LogP) is 1.35. The Bertz CT molecular complexity index is 484. The Morgan fingerprint density at radius 3 is 2.42 bits per heavy atom. The van der Waals surface area contributed by atoms with Gasteiger partial charge in [0.1, 0.15) is 0 Å². The van der Waals surface area contributed by atoms with Gasteiger partial charge in [0.15, 0.2) is 0 Å². The summed E-state index contributed by atoms with van der Waals surface area (Å²) in [5.74, 6) is -0.904. The number of hydrogen-bond acceptors (Lipinski definition) is 3. The van der Waals surface area contributed by atoms with E-state index < -0.39 is 5.97 Å². The summed E-state index contributed by atoms with van der Waals surface area (Å²) in [6.45, 7) is 2.88. The van der Waals surface area contributed by atoms with Crippen molar-refractivity contribution in [1.82, 2.24) is 5.32 Å². The number of nitrogens with zero attached hydrogens (tertiary/aromatic N) is 1. The van der Waals surface area contributed by atoms with Crippen molar-refractivity contribution >= 4 is 17.6 Å². The molecule has 5 heteroatoms. The van der Waals surface area contributed by atoms with E-state index in [0.717, 1.165) is 13.0 Å². The Labute approximate surface area is 112 Å². The Morgan fingerprint density at radius 1 is 1.32 bits per heavy atom. The lowest BCUT2D eigenvalue weighted by atomic mass is 10.0. The SMILES string of the molecule is CC1NCCC1C(=O)N(C)c1ccc(C(=O)O)cc1. The van der Waals surface area contributed by atoms with E-state index in [1.54, 1.807) is 24.1 Å². The maximum atomic E-state index is 12.3. The number of carboxylic acids is 1. The summed E-state index contributed by atoms with van der Waals surface area (Å²) in [7, 11) is 1.73. The fourth-order valence-corrected chi connectivity index (χ4v) is 2.40. The van der Waals surface area contributed by atoms with Crippen LogP contribution in [0.5, 0.6) is 0 Å². The molecule has 1 heterocycles. The van der Waals surface area contributed by atoms with Gasteiger partial charge in [0, 0.05) is 18.8 Å². The Balaban J connectivity index is 2.12. The molecule has 1 aliphatic heterocycles. The first-order valence-electron chi connectivity index (χ1n) is 6.35. The van der Waals surface area contributed by atoms with Crippen molar-refractivity contribution in [3.8, 4) is 0 Å². The van der Waals surface area contributed by atoms with Crippen LogP contribution in [0.4, 0.5) is 5.69 Å². The average Bonchev–Trinajstić information content (AvgIpc) is 2.83. The van der Waals surface area contributed by atoms with Crippen LogP contribution in [-0.4, -0.2) is 36.6 Å². The van der Waals surface area contributed by atoms with E-state index in [0.29, 0.717) is 5.69 Å². The number of aromatic carboxylic acids is 1. The lowest BCUT2D eigenvalue weighted by Gasteiger charge is -2.23. The molecule has 102 valence electrons. The normalized spacial score (nSPS) is 22.2. The number of nitrogens with one attached hydrogen (secondary N) is 1. The second-order valence-corrected chi connectivity index (χ2v) is 4.89. The number of benzene rings is 1. The number of carbonyl (C=O) groups excluding carboxylic acids is 1. The van der Waals surface area contributed by atoms with Crippen LogP contribution in [-0.2, 0) is 4.79 Å². The van der Waals surface area contributed by atoms with Gasteiger partial charge in [-0.2, -0.15) is 0 Å². The van der Waals surface area contributed by atoms with Crippen LogP contribution in [0.3, 0.4) is 0 Å². The largest absolute Gasteiger partial charge is 0.478 e. The quantitative estimate of drug-likeness (QED) is 0.862. The van der Waals surface area contributed by atoms with Crippen molar-refractivity contribution < 1.29 is 14.7 Å². The fourth-order valence-electron chi connectivity index (χ4n) is 2.40.